The van der Waals surface area contributed by atoms with Crippen molar-refractivity contribution in [1.29, 1.82) is 0 Å². The number of phenols is 2. The number of phenolic OH excluding ortho intramolecular Hbond substituents is 2. The Hall–Kier alpha value is -2.28. The smallest absolute Gasteiger partial charge is 0.341 e. The topological polar surface area (TPSA) is 124 Å². The monoisotopic (exact) mass is 242 g/mol. The molecule has 0 radical (unpaired) electrons. The summed E-state index contributed by atoms with van der Waals surface area (Å²) in [5.41, 5.74) is -0.753. The van der Waals surface area contributed by atoms with E-state index in [0.29, 0.717) is 0 Å². The van der Waals surface area contributed by atoms with Gasteiger partial charge in [0.2, 0.25) is 0 Å². The summed E-state index contributed by atoms with van der Waals surface area (Å²) in [6, 6.07) is 1.61. The molecule has 0 heterocycles. The number of ether oxygens (including phenoxy) is 1. The van der Waals surface area contributed by atoms with E-state index in [1.54, 1.807) is 0 Å². The molecule has 1 rings (SSSR count). The van der Waals surface area contributed by atoms with Crippen molar-refractivity contribution < 1.29 is 34.8 Å². The first kappa shape index (κ1) is 12.8. The summed E-state index contributed by atoms with van der Waals surface area (Å²) in [6.07, 6.45) is -2.00. The summed E-state index contributed by atoms with van der Waals surface area (Å²) in [4.78, 5) is 21.7. The van der Waals surface area contributed by atoms with Gasteiger partial charge in [0.25, 0.3) is 0 Å². The number of aromatic hydroxyl groups is 2. The van der Waals surface area contributed by atoms with Gasteiger partial charge in [0, 0.05) is 11.6 Å². The first-order valence-corrected chi connectivity index (χ1v) is 4.43. The average Bonchev–Trinajstić information content (AvgIpc) is 2.27. The fraction of sp³-hybridized carbons (Fsp3) is 0.200. The number of benzene rings is 1. The Balaban J connectivity index is 3.33. The van der Waals surface area contributed by atoms with E-state index >= 15 is 0 Å². The third-order valence-electron chi connectivity index (χ3n) is 2.08. The molecule has 92 valence electrons. The highest BCUT2D eigenvalue weighted by Crippen LogP contribution is 2.31. The van der Waals surface area contributed by atoms with E-state index in [0.717, 1.165) is 19.2 Å². The summed E-state index contributed by atoms with van der Waals surface area (Å²) in [5, 5.41) is 36.5. The predicted molar refractivity (Wildman–Crippen MR) is 53.7 cm³/mol. The fourth-order valence-corrected chi connectivity index (χ4v) is 1.22. The highest BCUT2D eigenvalue weighted by atomic mass is 16.5. The molecule has 0 saturated heterocycles. The Labute approximate surface area is 95.5 Å². The number of carboxylic acid groups (broad SMARTS) is 1. The molecule has 0 aliphatic heterocycles. The molecule has 0 saturated carbocycles. The fourth-order valence-electron chi connectivity index (χ4n) is 1.22. The Bertz CT molecular complexity index is 466. The lowest BCUT2D eigenvalue weighted by molar-refractivity contribution is -0.147. The molecule has 0 aliphatic carbocycles. The molecule has 0 aliphatic rings. The first-order valence-electron chi connectivity index (χ1n) is 4.43. The third kappa shape index (κ3) is 2.45. The van der Waals surface area contributed by atoms with Gasteiger partial charge in [-0.25, -0.2) is 9.59 Å². The SMILES string of the molecule is COC(=O)c1cc(C(O)C(=O)O)c(O)cc1O. The van der Waals surface area contributed by atoms with Crippen LogP contribution in [0.5, 0.6) is 11.5 Å². The molecule has 1 atom stereocenters. The number of aliphatic carboxylic acids is 1. The summed E-state index contributed by atoms with van der Waals surface area (Å²) >= 11 is 0. The summed E-state index contributed by atoms with van der Waals surface area (Å²) in [5.74, 6) is -3.72. The maximum absolute atomic E-state index is 11.2. The number of rotatable bonds is 3. The first-order chi connectivity index (χ1) is 7.88. The molecule has 17 heavy (non-hydrogen) atoms. The number of aliphatic hydroxyl groups excluding tert-OH is 1. The molecule has 1 aromatic rings. The number of carbonyl (C=O) groups excluding carboxylic acids is 1. The van der Waals surface area contributed by atoms with E-state index in [-0.39, 0.29) is 5.56 Å². The zero-order valence-corrected chi connectivity index (χ0v) is 8.75. The minimum absolute atomic E-state index is 0.347. The lowest BCUT2D eigenvalue weighted by atomic mass is 10.0. The van der Waals surface area contributed by atoms with Crippen LogP contribution in [0.25, 0.3) is 0 Å². The van der Waals surface area contributed by atoms with Crippen LogP contribution in [-0.2, 0) is 9.53 Å². The van der Waals surface area contributed by atoms with Crippen molar-refractivity contribution in [2.24, 2.45) is 0 Å². The minimum atomic E-state index is -2.00. The van der Waals surface area contributed by atoms with Crippen molar-refractivity contribution in [2.45, 2.75) is 6.10 Å². The molecule has 0 fully saturated rings. The zero-order chi connectivity index (χ0) is 13.2. The molecular weight excluding hydrogens is 232 g/mol. The van der Waals surface area contributed by atoms with E-state index in [1.807, 2.05) is 0 Å². The quantitative estimate of drug-likeness (QED) is 0.550. The van der Waals surface area contributed by atoms with E-state index < -0.39 is 35.1 Å². The Morgan fingerprint density at radius 2 is 1.82 bits per heavy atom. The molecule has 7 nitrogen and oxygen atoms in total. The number of carboxylic acids is 1. The van der Waals surface area contributed by atoms with Gasteiger partial charge in [-0.05, 0) is 6.07 Å². The van der Waals surface area contributed by atoms with Gasteiger partial charge in [-0.3, -0.25) is 0 Å². The van der Waals surface area contributed by atoms with Crippen LogP contribution in [0.3, 0.4) is 0 Å². The number of aliphatic hydroxyl groups is 1. The summed E-state index contributed by atoms with van der Waals surface area (Å²) in [6.45, 7) is 0. The van der Waals surface area contributed by atoms with Crippen molar-refractivity contribution in [1.82, 2.24) is 0 Å². The van der Waals surface area contributed by atoms with Gasteiger partial charge in [0.1, 0.15) is 17.1 Å². The highest BCUT2D eigenvalue weighted by Gasteiger charge is 2.24. The van der Waals surface area contributed by atoms with Gasteiger partial charge in [0.05, 0.1) is 7.11 Å². The summed E-state index contributed by atoms with van der Waals surface area (Å²) in [7, 11) is 1.07. The van der Waals surface area contributed by atoms with E-state index in [4.69, 9.17) is 5.11 Å². The minimum Gasteiger partial charge on any atom is -0.507 e. The standard InChI is InChI=1S/C10H10O7/c1-17-10(16)5-2-4(8(13)9(14)15)6(11)3-7(5)12/h2-3,8,11-13H,1H3,(H,14,15). The van der Waals surface area contributed by atoms with Crippen molar-refractivity contribution >= 4 is 11.9 Å². The number of hydrogen-bond donors (Lipinski definition) is 4. The van der Waals surface area contributed by atoms with Crippen molar-refractivity contribution in [3.8, 4) is 11.5 Å². The maximum atomic E-state index is 11.2. The lowest BCUT2D eigenvalue weighted by Gasteiger charge is -2.11. The maximum Gasteiger partial charge on any atom is 0.341 e. The molecule has 0 aromatic heterocycles. The molecule has 7 heteroatoms. The second kappa shape index (κ2) is 4.71. The van der Waals surface area contributed by atoms with Crippen molar-refractivity contribution in [3.05, 3.63) is 23.3 Å². The number of esters is 1. The zero-order valence-electron chi connectivity index (χ0n) is 8.75. The van der Waals surface area contributed by atoms with Gasteiger partial charge < -0.3 is 25.2 Å². The molecule has 0 bridgehead atoms. The molecule has 1 unspecified atom stereocenters. The molecule has 0 spiro atoms. The van der Waals surface area contributed by atoms with Gasteiger partial charge >= 0.3 is 11.9 Å². The molecule has 0 amide bonds. The Morgan fingerprint density at radius 3 is 2.29 bits per heavy atom. The lowest BCUT2D eigenvalue weighted by Crippen LogP contribution is -2.12. The van der Waals surface area contributed by atoms with E-state index in [2.05, 4.69) is 4.74 Å². The van der Waals surface area contributed by atoms with Crippen LogP contribution in [0.1, 0.15) is 22.0 Å². The van der Waals surface area contributed by atoms with Crippen LogP contribution in [0, 0.1) is 0 Å². The Morgan fingerprint density at radius 1 is 1.24 bits per heavy atom. The van der Waals surface area contributed by atoms with Gasteiger partial charge in [0.15, 0.2) is 6.10 Å². The number of hydrogen-bond acceptors (Lipinski definition) is 6. The second-order valence-electron chi connectivity index (χ2n) is 3.16. The highest BCUT2D eigenvalue weighted by molar-refractivity contribution is 5.93. The largest absolute Gasteiger partial charge is 0.507 e. The van der Waals surface area contributed by atoms with Gasteiger partial charge in [-0.2, -0.15) is 0 Å². The van der Waals surface area contributed by atoms with Crippen molar-refractivity contribution in [3.63, 3.8) is 0 Å². The normalized spacial score (nSPS) is 11.9. The van der Waals surface area contributed by atoms with Crippen LogP contribution < -0.4 is 0 Å². The molecule has 4 N–H and O–H groups in total. The number of methoxy groups -OCH3 is 1. The average molecular weight is 242 g/mol. The molecule has 1 aromatic carbocycles. The number of carbonyl (C=O) groups is 2. The van der Waals surface area contributed by atoms with Crippen LogP contribution >= 0.6 is 0 Å². The summed E-state index contributed by atoms with van der Waals surface area (Å²) < 4.78 is 4.34. The van der Waals surface area contributed by atoms with Crippen LogP contribution in [0.4, 0.5) is 0 Å². The van der Waals surface area contributed by atoms with Gasteiger partial charge in [-0.1, -0.05) is 0 Å². The van der Waals surface area contributed by atoms with Crippen LogP contribution in [0.2, 0.25) is 0 Å². The van der Waals surface area contributed by atoms with E-state index in [9.17, 15) is 24.9 Å². The van der Waals surface area contributed by atoms with Crippen molar-refractivity contribution in [2.75, 3.05) is 7.11 Å². The van der Waals surface area contributed by atoms with E-state index in [1.165, 1.54) is 0 Å². The van der Waals surface area contributed by atoms with Crippen LogP contribution in [0.15, 0.2) is 12.1 Å². The predicted octanol–water partition coefficient (Wildman–Crippen LogP) is 0.00240. The Kier molecular flexibility index (Phi) is 3.54. The van der Waals surface area contributed by atoms with Gasteiger partial charge in [-0.15, -0.1) is 0 Å². The molecular formula is C10H10O7. The van der Waals surface area contributed by atoms with Crippen LogP contribution in [-0.4, -0.2) is 39.5 Å². The second-order valence-corrected chi connectivity index (χ2v) is 3.16. The third-order valence-corrected chi connectivity index (χ3v) is 2.08.